The van der Waals surface area contributed by atoms with Gasteiger partial charge in [-0.3, -0.25) is 4.79 Å². The van der Waals surface area contributed by atoms with Gasteiger partial charge < -0.3 is 39.8 Å². The van der Waals surface area contributed by atoms with Gasteiger partial charge in [0.05, 0.1) is 18.8 Å². The van der Waals surface area contributed by atoms with Crippen LogP contribution in [0.5, 0.6) is 17.5 Å². The van der Waals surface area contributed by atoms with E-state index in [0.717, 1.165) is 43.4 Å². The average Bonchev–Trinajstić information content (AvgIpc) is 3.60. The van der Waals surface area contributed by atoms with Crippen LogP contribution in [0.3, 0.4) is 0 Å². The van der Waals surface area contributed by atoms with Crippen molar-refractivity contribution < 1.29 is 41.7 Å². The van der Waals surface area contributed by atoms with Crippen molar-refractivity contribution in [3.05, 3.63) is 53.6 Å². The Morgan fingerprint density at radius 1 is 0.943 bits per heavy atom. The lowest BCUT2D eigenvalue weighted by Crippen LogP contribution is -2.36. The van der Waals surface area contributed by atoms with Gasteiger partial charge in [0.1, 0.15) is 17.1 Å². The summed E-state index contributed by atoms with van der Waals surface area (Å²) >= 11 is 0. The van der Waals surface area contributed by atoms with E-state index in [1.807, 2.05) is 58.9 Å². The van der Waals surface area contributed by atoms with Crippen molar-refractivity contribution >= 4 is 29.6 Å². The second kappa shape index (κ2) is 19.2. The summed E-state index contributed by atoms with van der Waals surface area (Å²) < 4.78 is 61.2. The number of nitrogens with one attached hydrogen (secondary N) is 3. The maximum atomic E-state index is 13.4. The third kappa shape index (κ3) is 13.8. The van der Waals surface area contributed by atoms with Crippen LogP contribution in [0.1, 0.15) is 82.6 Å². The van der Waals surface area contributed by atoms with Crippen LogP contribution in [-0.2, 0) is 11.3 Å². The fraction of sp³-hybridized carbons (Fsp3) is 0.541. The Bertz CT molecular complexity index is 1640. The highest BCUT2D eigenvalue weighted by Crippen LogP contribution is 2.28. The van der Waals surface area contributed by atoms with Gasteiger partial charge in [-0.15, -0.1) is 0 Å². The van der Waals surface area contributed by atoms with Crippen molar-refractivity contribution in [3.63, 3.8) is 0 Å². The van der Waals surface area contributed by atoms with Crippen molar-refractivity contribution in [1.29, 1.82) is 0 Å². The maximum absolute atomic E-state index is 13.4. The summed E-state index contributed by atoms with van der Waals surface area (Å²) in [6.45, 7) is 10.4. The predicted octanol–water partition coefficient (Wildman–Crippen LogP) is 7.51. The topological polar surface area (TPSA) is 149 Å². The number of hydrogen-bond acceptors (Lipinski definition) is 11. The molecule has 6 bridgehead atoms. The van der Waals surface area contributed by atoms with Gasteiger partial charge in [0.2, 0.25) is 11.9 Å². The molecule has 16 heteroatoms. The molecule has 0 spiro atoms. The predicted molar refractivity (Wildman–Crippen MR) is 194 cm³/mol. The molecule has 3 aliphatic rings. The number of halogens is 3. The highest BCUT2D eigenvalue weighted by molar-refractivity contribution is 5.97. The fourth-order valence-electron chi connectivity index (χ4n) is 5.38. The summed E-state index contributed by atoms with van der Waals surface area (Å²) in [5, 5.41) is 8.96. The number of carbonyl (C=O) groups is 2. The molecule has 3 aliphatic heterocycles. The fourth-order valence-corrected chi connectivity index (χ4v) is 5.38. The van der Waals surface area contributed by atoms with E-state index in [2.05, 4.69) is 30.9 Å². The summed E-state index contributed by atoms with van der Waals surface area (Å²) in [6.07, 6.45) is -0.838. The van der Waals surface area contributed by atoms with Gasteiger partial charge in [0, 0.05) is 37.9 Å². The van der Waals surface area contributed by atoms with Crippen LogP contribution in [0.15, 0.2) is 42.5 Å². The molecule has 0 saturated carbocycles. The van der Waals surface area contributed by atoms with Crippen LogP contribution in [0, 0.1) is 5.92 Å². The standard InChI is InChI=1S/C35H44F3N7O6.C2H6/c1-34(2,3)51-33(47)45-15-14-24(21-45)20-39-29(46)27-13-10-25-18-28(27)49-17-7-5-4-6-16-48-26-11-8-23(9-12-26)19-40-30-42-31(41-25)44-32(43-30)50-22-35(36,37)38;1-2/h8-13,18,24H,4-7,14-17,19-22H2,1-3H3,(H,39,46)(H2,40,41,42,43,44);1-2H3. The molecule has 2 aromatic carbocycles. The minimum absolute atomic E-state index is 0.0134. The first kappa shape index (κ1) is 40.7. The minimum Gasteiger partial charge on any atom is -0.494 e. The molecule has 0 aliphatic carbocycles. The summed E-state index contributed by atoms with van der Waals surface area (Å²) in [5.74, 6) is 0.631. The Labute approximate surface area is 308 Å². The van der Waals surface area contributed by atoms with Crippen LogP contribution in [0.2, 0.25) is 0 Å². The molecule has 290 valence electrons. The molecular weight excluding hydrogens is 695 g/mol. The van der Waals surface area contributed by atoms with Gasteiger partial charge in [-0.2, -0.15) is 28.1 Å². The van der Waals surface area contributed by atoms with Crippen LogP contribution in [0.4, 0.5) is 35.5 Å². The van der Waals surface area contributed by atoms with Gasteiger partial charge in [-0.1, -0.05) is 26.0 Å². The van der Waals surface area contributed by atoms with Gasteiger partial charge in [0.15, 0.2) is 6.61 Å². The zero-order chi connectivity index (χ0) is 38.4. The molecule has 1 aromatic heterocycles. The van der Waals surface area contributed by atoms with Crippen LogP contribution >= 0.6 is 0 Å². The maximum Gasteiger partial charge on any atom is 0.422 e. The Morgan fingerprint density at radius 3 is 2.34 bits per heavy atom. The third-order valence-corrected chi connectivity index (χ3v) is 7.89. The van der Waals surface area contributed by atoms with Gasteiger partial charge in [-0.05, 0) is 88.6 Å². The van der Waals surface area contributed by atoms with Crippen LogP contribution in [-0.4, -0.2) is 83.1 Å². The lowest BCUT2D eigenvalue weighted by Gasteiger charge is -2.24. The number of benzene rings is 2. The van der Waals surface area contributed by atoms with E-state index in [1.165, 1.54) is 0 Å². The Morgan fingerprint density at radius 2 is 1.64 bits per heavy atom. The first-order valence-electron chi connectivity index (χ1n) is 18.0. The zero-order valence-corrected chi connectivity index (χ0v) is 31.0. The summed E-state index contributed by atoms with van der Waals surface area (Å²) in [6, 6.07) is 11.7. The number of amides is 2. The quantitative estimate of drug-likeness (QED) is 0.238. The third-order valence-electron chi connectivity index (χ3n) is 7.89. The lowest BCUT2D eigenvalue weighted by atomic mass is 10.1. The second-order valence-corrected chi connectivity index (χ2v) is 13.4. The summed E-state index contributed by atoms with van der Waals surface area (Å²) in [4.78, 5) is 39.9. The zero-order valence-electron chi connectivity index (χ0n) is 31.0. The van der Waals surface area contributed by atoms with Gasteiger partial charge in [0.25, 0.3) is 5.91 Å². The number of carbonyl (C=O) groups excluding carboxylic acids is 2. The first-order chi connectivity index (χ1) is 25.3. The smallest absolute Gasteiger partial charge is 0.422 e. The number of fused-ring (bicyclic) bond motifs is 10. The molecule has 6 rings (SSSR count). The highest BCUT2D eigenvalue weighted by atomic mass is 19.4. The lowest BCUT2D eigenvalue weighted by molar-refractivity contribution is -0.154. The largest absolute Gasteiger partial charge is 0.494 e. The number of alkyl halides is 3. The number of rotatable bonds is 5. The molecule has 53 heavy (non-hydrogen) atoms. The summed E-state index contributed by atoms with van der Waals surface area (Å²) in [7, 11) is 0. The average molecular weight is 746 g/mol. The molecule has 2 amide bonds. The van der Waals surface area contributed by atoms with Gasteiger partial charge >= 0.3 is 18.3 Å². The van der Waals surface area contributed by atoms with E-state index in [-0.39, 0.29) is 36.4 Å². The SMILES string of the molecule is CC.CC(C)(C)OC(=O)N1CCC(CNC(=O)c2ccc3cc2OCCCCCCOc2ccc(cc2)CNc2nc(nc(OCC(F)(F)F)n2)N3)C1. The number of nitrogens with zero attached hydrogens (tertiary/aromatic N) is 4. The van der Waals surface area contributed by atoms with Crippen molar-refractivity contribution in [2.75, 3.05) is 50.1 Å². The molecule has 3 N–H and O–H groups in total. The molecule has 4 heterocycles. The number of aromatic nitrogens is 3. The molecule has 1 saturated heterocycles. The van der Waals surface area contributed by atoms with E-state index >= 15 is 0 Å². The Balaban J connectivity index is 0.00000308. The molecular formula is C37H50F3N7O6. The van der Waals surface area contributed by atoms with E-state index in [0.29, 0.717) is 49.8 Å². The van der Waals surface area contributed by atoms with E-state index in [4.69, 9.17) is 18.9 Å². The monoisotopic (exact) mass is 745 g/mol. The van der Waals surface area contributed by atoms with E-state index in [1.54, 1.807) is 23.1 Å². The number of ether oxygens (including phenoxy) is 4. The van der Waals surface area contributed by atoms with Crippen molar-refractivity contribution in [2.24, 2.45) is 5.92 Å². The van der Waals surface area contributed by atoms with Crippen molar-refractivity contribution in [2.45, 2.75) is 85.0 Å². The molecule has 1 atom stereocenters. The molecule has 13 nitrogen and oxygen atoms in total. The first-order valence-corrected chi connectivity index (χ1v) is 18.0. The molecule has 1 fully saturated rings. The second-order valence-electron chi connectivity index (χ2n) is 13.4. The van der Waals surface area contributed by atoms with E-state index < -0.39 is 24.4 Å². The van der Waals surface area contributed by atoms with Crippen molar-refractivity contribution in [1.82, 2.24) is 25.2 Å². The highest BCUT2D eigenvalue weighted by Gasteiger charge is 2.31. The number of anilines is 3. The number of likely N-dealkylation sites (tertiary alicyclic amines) is 1. The molecule has 3 aromatic rings. The van der Waals surface area contributed by atoms with Crippen molar-refractivity contribution in [3.8, 4) is 17.5 Å². The molecule has 1 unspecified atom stereocenters. The van der Waals surface area contributed by atoms with E-state index in [9.17, 15) is 22.8 Å². The van der Waals surface area contributed by atoms with Crippen LogP contribution < -0.4 is 30.2 Å². The molecule has 0 radical (unpaired) electrons. The number of hydrogen-bond donors (Lipinski definition) is 3. The Hall–Kier alpha value is -5.02. The normalized spacial score (nSPS) is 16.6. The van der Waals surface area contributed by atoms with Gasteiger partial charge in [-0.25, -0.2) is 4.79 Å². The summed E-state index contributed by atoms with van der Waals surface area (Å²) in [5.41, 5.74) is 0.986. The van der Waals surface area contributed by atoms with Crippen LogP contribution in [0.25, 0.3) is 0 Å². The Kier molecular flexibility index (Phi) is 14.7. The minimum atomic E-state index is -4.60.